The van der Waals surface area contributed by atoms with Crippen LogP contribution in [0.25, 0.3) is 10.2 Å². The van der Waals surface area contributed by atoms with E-state index in [2.05, 4.69) is 10.3 Å². The Morgan fingerprint density at radius 1 is 1.06 bits per heavy atom. The summed E-state index contributed by atoms with van der Waals surface area (Å²) < 4.78 is 28.8. The number of carbonyl (C=O) groups is 1. The molecule has 32 heavy (non-hydrogen) atoms. The smallest absolute Gasteiger partial charge is 0.264 e. The molecular formula is C23H18ClN3O3S2. The molecule has 0 atom stereocenters. The van der Waals surface area contributed by atoms with Gasteiger partial charge in [0.2, 0.25) is 0 Å². The number of aromatic nitrogens is 1. The first kappa shape index (κ1) is 20.9. The predicted octanol–water partition coefficient (Wildman–Crippen LogP) is 5.34. The molecule has 3 aromatic carbocycles. The van der Waals surface area contributed by atoms with E-state index in [1.54, 1.807) is 18.2 Å². The summed E-state index contributed by atoms with van der Waals surface area (Å²) in [6.45, 7) is 0.434. The van der Waals surface area contributed by atoms with Crippen LogP contribution in [-0.2, 0) is 16.4 Å². The summed E-state index contributed by atoms with van der Waals surface area (Å²) in [5.41, 5.74) is 2.84. The van der Waals surface area contributed by atoms with E-state index in [1.165, 1.54) is 39.9 Å². The van der Waals surface area contributed by atoms with Crippen LogP contribution in [0.15, 0.2) is 71.6 Å². The van der Waals surface area contributed by atoms with Crippen LogP contribution in [-0.4, -0.2) is 25.9 Å². The van der Waals surface area contributed by atoms with E-state index in [-0.39, 0.29) is 10.8 Å². The van der Waals surface area contributed by atoms with Gasteiger partial charge in [-0.3, -0.25) is 14.4 Å². The Labute approximate surface area is 194 Å². The van der Waals surface area contributed by atoms with Gasteiger partial charge < -0.3 is 0 Å². The minimum atomic E-state index is -3.72. The van der Waals surface area contributed by atoms with Crippen molar-refractivity contribution in [2.24, 2.45) is 0 Å². The summed E-state index contributed by atoms with van der Waals surface area (Å²) >= 11 is 7.33. The van der Waals surface area contributed by atoms with Crippen molar-refractivity contribution in [1.29, 1.82) is 0 Å². The van der Waals surface area contributed by atoms with Gasteiger partial charge in [-0.15, -0.1) is 0 Å². The summed E-state index contributed by atoms with van der Waals surface area (Å²) in [5, 5.41) is 3.82. The molecular weight excluding hydrogens is 466 g/mol. The van der Waals surface area contributed by atoms with E-state index in [4.69, 9.17) is 11.6 Å². The van der Waals surface area contributed by atoms with Crippen LogP contribution in [0, 0.1) is 0 Å². The molecule has 2 heterocycles. The average Bonchev–Trinajstić information content (AvgIpc) is 3.20. The van der Waals surface area contributed by atoms with Crippen LogP contribution in [0.1, 0.15) is 22.3 Å². The first-order valence-corrected chi connectivity index (χ1v) is 12.6. The van der Waals surface area contributed by atoms with Gasteiger partial charge in [-0.1, -0.05) is 41.1 Å². The summed E-state index contributed by atoms with van der Waals surface area (Å²) in [4.78, 5) is 17.2. The monoisotopic (exact) mass is 483 g/mol. The van der Waals surface area contributed by atoms with Crippen LogP contribution in [0.3, 0.4) is 0 Å². The second-order valence-corrected chi connectivity index (χ2v) is 10.7. The average molecular weight is 484 g/mol. The molecule has 0 unspecified atom stereocenters. The maximum Gasteiger partial charge on any atom is 0.264 e. The van der Waals surface area contributed by atoms with Gasteiger partial charge in [0, 0.05) is 17.1 Å². The van der Waals surface area contributed by atoms with Crippen LogP contribution in [0.5, 0.6) is 0 Å². The van der Waals surface area contributed by atoms with E-state index >= 15 is 0 Å². The minimum Gasteiger partial charge on any atom is -0.298 e. The molecule has 5 rings (SSSR count). The van der Waals surface area contributed by atoms with Gasteiger partial charge in [-0.25, -0.2) is 13.4 Å². The molecule has 0 radical (unpaired) electrons. The zero-order valence-electron chi connectivity index (χ0n) is 16.8. The molecule has 6 nitrogen and oxygen atoms in total. The molecule has 0 aliphatic carbocycles. The zero-order chi connectivity index (χ0) is 22.3. The van der Waals surface area contributed by atoms with E-state index in [9.17, 15) is 13.2 Å². The third-order valence-electron chi connectivity index (χ3n) is 5.34. The highest BCUT2D eigenvalue weighted by molar-refractivity contribution is 7.92. The number of rotatable bonds is 4. The van der Waals surface area contributed by atoms with Crippen molar-refractivity contribution in [3.63, 3.8) is 0 Å². The molecule has 9 heteroatoms. The maximum absolute atomic E-state index is 13.3. The number of nitrogens with one attached hydrogen (secondary N) is 1. The molecule has 0 saturated heterocycles. The minimum absolute atomic E-state index is 0.153. The standard InChI is InChI=1S/C23H18ClN3O3S2/c24-17-9-12-19-21(14-17)31-23(25-19)26-22(28)16-7-10-18(11-8-16)32(29,30)27-13-3-5-15-4-1-2-6-20(15)27/h1-2,4,6-12,14H,3,5,13H2,(H,25,26,28). The molecule has 1 aliphatic heterocycles. The number of para-hydroxylation sites is 1. The fourth-order valence-corrected chi connectivity index (χ4v) is 6.45. The van der Waals surface area contributed by atoms with E-state index in [0.717, 1.165) is 34.3 Å². The number of hydrogen-bond acceptors (Lipinski definition) is 5. The first-order valence-electron chi connectivity index (χ1n) is 10.00. The van der Waals surface area contributed by atoms with Crippen molar-refractivity contribution in [3.8, 4) is 0 Å². The highest BCUT2D eigenvalue weighted by atomic mass is 35.5. The van der Waals surface area contributed by atoms with Gasteiger partial charge in [0.25, 0.3) is 15.9 Å². The highest BCUT2D eigenvalue weighted by Crippen LogP contribution is 2.32. The van der Waals surface area contributed by atoms with Gasteiger partial charge in [-0.2, -0.15) is 0 Å². The Hall–Kier alpha value is -2.94. The van der Waals surface area contributed by atoms with Crippen molar-refractivity contribution in [2.75, 3.05) is 16.2 Å². The maximum atomic E-state index is 13.3. The van der Waals surface area contributed by atoms with Gasteiger partial charge in [0.05, 0.1) is 20.8 Å². The number of halogens is 1. The van der Waals surface area contributed by atoms with Gasteiger partial charge in [0.15, 0.2) is 5.13 Å². The Balaban J connectivity index is 1.37. The zero-order valence-corrected chi connectivity index (χ0v) is 19.2. The summed E-state index contributed by atoms with van der Waals surface area (Å²) in [6, 6.07) is 18.9. The second-order valence-electron chi connectivity index (χ2n) is 7.42. The Kier molecular flexibility index (Phi) is 5.36. The number of aryl methyl sites for hydroxylation is 1. The number of benzene rings is 3. The molecule has 1 aliphatic rings. The van der Waals surface area contributed by atoms with Crippen LogP contribution in [0.2, 0.25) is 5.02 Å². The topological polar surface area (TPSA) is 79.4 Å². The van der Waals surface area contributed by atoms with Crippen molar-refractivity contribution < 1.29 is 13.2 Å². The quantitative estimate of drug-likeness (QED) is 0.424. The lowest BCUT2D eigenvalue weighted by atomic mass is 10.0. The molecule has 0 spiro atoms. The summed E-state index contributed by atoms with van der Waals surface area (Å²) in [7, 11) is -3.72. The van der Waals surface area contributed by atoms with Crippen molar-refractivity contribution in [2.45, 2.75) is 17.7 Å². The fourth-order valence-electron chi connectivity index (χ4n) is 3.78. The molecule has 0 saturated carbocycles. The SMILES string of the molecule is O=C(Nc1nc2ccc(Cl)cc2s1)c1ccc(S(=O)(=O)N2CCCc3ccccc32)cc1. The lowest BCUT2D eigenvalue weighted by Crippen LogP contribution is -2.35. The van der Waals surface area contributed by atoms with Crippen LogP contribution in [0.4, 0.5) is 10.8 Å². The lowest BCUT2D eigenvalue weighted by Gasteiger charge is -2.30. The predicted molar refractivity (Wildman–Crippen MR) is 128 cm³/mol. The van der Waals surface area contributed by atoms with Crippen molar-refractivity contribution in [3.05, 3.63) is 82.9 Å². The summed E-state index contributed by atoms with van der Waals surface area (Å²) in [5.74, 6) is -0.359. The van der Waals surface area contributed by atoms with Crippen LogP contribution >= 0.6 is 22.9 Å². The normalized spacial score (nSPS) is 13.7. The van der Waals surface area contributed by atoms with Gasteiger partial charge >= 0.3 is 0 Å². The number of hydrogen-bond donors (Lipinski definition) is 1. The van der Waals surface area contributed by atoms with E-state index < -0.39 is 10.0 Å². The van der Waals surface area contributed by atoms with Gasteiger partial charge in [-0.05, 0) is 66.9 Å². The second kappa shape index (κ2) is 8.20. The molecule has 162 valence electrons. The van der Waals surface area contributed by atoms with Gasteiger partial charge in [0.1, 0.15) is 0 Å². The Bertz CT molecular complexity index is 1430. The number of carbonyl (C=O) groups excluding carboxylic acids is 1. The van der Waals surface area contributed by atoms with E-state index in [1.807, 2.05) is 24.3 Å². The number of sulfonamides is 1. The largest absolute Gasteiger partial charge is 0.298 e. The third kappa shape index (κ3) is 3.85. The van der Waals surface area contributed by atoms with Crippen molar-refractivity contribution >= 4 is 59.9 Å². The van der Waals surface area contributed by atoms with E-state index in [0.29, 0.717) is 22.3 Å². The fraction of sp³-hybridized carbons (Fsp3) is 0.130. The molecule has 1 N–H and O–H groups in total. The molecule has 1 aromatic heterocycles. The first-order chi connectivity index (χ1) is 15.4. The number of amides is 1. The van der Waals surface area contributed by atoms with Crippen molar-refractivity contribution in [1.82, 2.24) is 4.98 Å². The molecule has 4 aromatic rings. The molecule has 0 fully saturated rings. The Morgan fingerprint density at radius 3 is 2.66 bits per heavy atom. The number of fused-ring (bicyclic) bond motifs is 2. The number of nitrogens with zero attached hydrogens (tertiary/aromatic N) is 2. The lowest BCUT2D eigenvalue weighted by molar-refractivity contribution is 0.102. The number of anilines is 2. The third-order valence-corrected chi connectivity index (χ3v) is 8.34. The Morgan fingerprint density at radius 2 is 1.84 bits per heavy atom. The van der Waals surface area contributed by atoms with Crippen LogP contribution < -0.4 is 9.62 Å². The highest BCUT2D eigenvalue weighted by Gasteiger charge is 2.29. The molecule has 0 bridgehead atoms. The number of thiazole rings is 1. The molecule has 1 amide bonds. The summed E-state index contributed by atoms with van der Waals surface area (Å²) in [6.07, 6.45) is 1.63.